The van der Waals surface area contributed by atoms with Crippen molar-refractivity contribution < 1.29 is 18.7 Å². The average molecular weight is 358 g/mol. The highest BCUT2D eigenvalue weighted by molar-refractivity contribution is 9.10. The topological polar surface area (TPSA) is 46.6 Å². The molecular formula is C15H17BrFNO3. The van der Waals surface area contributed by atoms with E-state index < -0.39 is 5.82 Å². The van der Waals surface area contributed by atoms with Crippen LogP contribution in [0, 0.1) is 11.7 Å². The maximum Gasteiger partial charge on any atom is 0.310 e. The van der Waals surface area contributed by atoms with Gasteiger partial charge in [-0.1, -0.05) is 6.07 Å². The summed E-state index contributed by atoms with van der Waals surface area (Å²) in [5, 5.41) is 0. The van der Waals surface area contributed by atoms with Crippen LogP contribution < -0.4 is 0 Å². The van der Waals surface area contributed by atoms with Crippen LogP contribution in [0.4, 0.5) is 4.39 Å². The van der Waals surface area contributed by atoms with Crippen LogP contribution in [-0.2, 0) is 9.53 Å². The Bertz CT molecular complexity index is 550. The second-order valence-corrected chi connectivity index (χ2v) is 5.80. The quantitative estimate of drug-likeness (QED) is 0.781. The van der Waals surface area contributed by atoms with Gasteiger partial charge in [0.05, 0.1) is 22.6 Å². The molecule has 21 heavy (non-hydrogen) atoms. The van der Waals surface area contributed by atoms with E-state index in [9.17, 15) is 14.0 Å². The van der Waals surface area contributed by atoms with Crippen molar-refractivity contribution in [3.05, 3.63) is 34.1 Å². The van der Waals surface area contributed by atoms with Crippen LogP contribution in [0.5, 0.6) is 0 Å². The van der Waals surface area contributed by atoms with Gasteiger partial charge in [-0.25, -0.2) is 4.39 Å². The Morgan fingerprint density at radius 3 is 2.95 bits per heavy atom. The molecule has 114 valence electrons. The molecular weight excluding hydrogens is 341 g/mol. The number of ether oxygens (including phenoxy) is 1. The number of esters is 1. The molecule has 1 aliphatic rings. The number of rotatable bonds is 3. The average Bonchev–Trinajstić information content (AvgIpc) is 2.50. The number of nitrogens with zero attached hydrogens (tertiary/aromatic N) is 1. The predicted molar refractivity (Wildman–Crippen MR) is 79.4 cm³/mol. The third-order valence-electron chi connectivity index (χ3n) is 3.51. The molecule has 0 N–H and O–H groups in total. The lowest BCUT2D eigenvalue weighted by Gasteiger charge is -2.31. The van der Waals surface area contributed by atoms with Crippen molar-refractivity contribution in [1.82, 2.24) is 4.90 Å². The second kappa shape index (κ2) is 7.02. The van der Waals surface area contributed by atoms with Crippen LogP contribution in [0.3, 0.4) is 0 Å². The van der Waals surface area contributed by atoms with E-state index >= 15 is 0 Å². The standard InChI is InChI=1S/C15H17BrFNO3/c1-2-21-15(20)10-5-4-8-18(9-10)14(19)11-6-3-7-12(16)13(11)17/h3,6-7,10H,2,4-5,8-9H2,1H3/t10-/m0/s1. The first-order valence-electron chi connectivity index (χ1n) is 6.94. The van der Waals surface area contributed by atoms with Crippen molar-refractivity contribution in [1.29, 1.82) is 0 Å². The van der Waals surface area contributed by atoms with Crippen LogP contribution in [0.2, 0.25) is 0 Å². The molecule has 1 aromatic carbocycles. The van der Waals surface area contributed by atoms with Crippen LogP contribution in [0.25, 0.3) is 0 Å². The lowest BCUT2D eigenvalue weighted by molar-refractivity contribution is -0.149. The van der Waals surface area contributed by atoms with Gasteiger partial charge < -0.3 is 9.64 Å². The van der Waals surface area contributed by atoms with E-state index in [1.807, 2.05) is 0 Å². The molecule has 2 rings (SSSR count). The second-order valence-electron chi connectivity index (χ2n) is 4.94. The van der Waals surface area contributed by atoms with E-state index in [2.05, 4.69) is 15.9 Å². The largest absolute Gasteiger partial charge is 0.466 e. The van der Waals surface area contributed by atoms with Crippen LogP contribution in [0.15, 0.2) is 22.7 Å². The Morgan fingerprint density at radius 2 is 2.24 bits per heavy atom. The lowest BCUT2D eigenvalue weighted by atomic mass is 9.97. The minimum Gasteiger partial charge on any atom is -0.466 e. The number of piperidine rings is 1. The molecule has 0 aromatic heterocycles. The summed E-state index contributed by atoms with van der Waals surface area (Å²) < 4.78 is 19.3. The molecule has 1 aliphatic heterocycles. The number of amides is 1. The molecule has 1 amide bonds. The zero-order valence-corrected chi connectivity index (χ0v) is 13.4. The van der Waals surface area contributed by atoms with Crippen molar-refractivity contribution in [3.8, 4) is 0 Å². The summed E-state index contributed by atoms with van der Waals surface area (Å²) in [7, 11) is 0. The fourth-order valence-electron chi connectivity index (χ4n) is 2.45. The lowest BCUT2D eigenvalue weighted by Crippen LogP contribution is -2.43. The molecule has 0 unspecified atom stereocenters. The van der Waals surface area contributed by atoms with E-state index in [-0.39, 0.29) is 34.4 Å². The summed E-state index contributed by atoms with van der Waals surface area (Å²) in [6, 6.07) is 4.62. The Kier molecular flexibility index (Phi) is 5.33. The van der Waals surface area contributed by atoms with Gasteiger partial charge in [0, 0.05) is 13.1 Å². The molecule has 1 heterocycles. The van der Waals surface area contributed by atoms with Crippen molar-refractivity contribution in [3.63, 3.8) is 0 Å². The highest BCUT2D eigenvalue weighted by atomic mass is 79.9. The number of carbonyl (C=O) groups is 2. The summed E-state index contributed by atoms with van der Waals surface area (Å²) in [4.78, 5) is 25.7. The van der Waals surface area contributed by atoms with E-state index in [1.165, 1.54) is 11.0 Å². The molecule has 0 saturated carbocycles. The third-order valence-corrected chi connectivity index (χ3v) is 4.12. The molecule has 1 saturated heterocycles. The normalized spacial score (nSPS) is 18.4. The molecule has 4 nitrogen and oxygen atoms in total. The number of carbonyl (C=O) groups excluding carboxylic acids is 2. The van der Waals surface area contributed by atoms with Gasteiger partial charge in [0.15, 0.2) is 0 Å². The molecule has 0 spiro atoms. The molecule has 1 aromatic rings. The molecule has 6 heteroatoms. The Labute approximate surface area is 131 Å². The summed E-state index contributed by atoms with van der Waals surface area (Å²) >= 11 is 3.07. The first-order valence-corrected chi connectivity index (χ1v) is 7.73. The number of hydrogen-bond donors (Lipinski definition) is 0. The zero-order valence-electron chi connectivity index (χ0n) is 11.8. The van der Waals surface area contributed by atoms with Gasteiger partial charge in [-0.2, -0.15) is 0 Å². The number of benzene rings is 1. The third kappa shape index (κ3) is 3.61. The minimum atomic E-state index is -0.569. The first kappa shape index (κ1) is 15.9. The van der Waals surface area contributed by atoms with Crippen LogP contribution >= 0.6 is 15.9 Å². The summed E-state index contributed by atoms with van der Waals surface area (Å²) in [6.45, 7) is 2.88. The maximum atomic E-state index is 14.0. The van der Waals surface area contributed by atoms with Crippen molar-refractivity contribution >= 4 is 27.8 Å². The summed E-state index contributed by atoms with van der Waals surface area (Å²) in [5.41, 5.74) is 0.0221. The molecule has 1 atom stereocenters. The Morgan fingerprint density at radius 1 is 1.48 bits per heavy atom. The van der Waals surface area contributed by atoms with E-state index in [1.54, 1.807) is 19.1 Å². The predicted octanol–water partition coefficient (Wildman–Crippen LogP) is 3.00. The van der Waals surface area contributed by atoms with Crippen LogP contribution in [0.1, 0.15) is 30.1 Å². The van der Waals surface area contributed by atoms with Gasteiger partial charge in [-0.3, -0.25) is 9.59 Å². The van der Waals surface area contributed by atoms with Gasteiger partial charge in [0.25, 0.3) is 5.91 Å². The maximum absolute atomic E-state index is 14.0. The number of hydrogen-bond acceptors (Lipinski definition) is 3. The molecule has 0 bridgehead atoms. The molecule has 1 fully saturated rings. The zero-order chi connectivity index (χ0) is 15.4. The highest BCUT2D eigenvalue weighted by Gasteiger charge is 2.30. The van der Waals surface area contributed by atoms with Crippen molar-refractivity contribution in [2.45, 2.75) is 19.8 Å². The molecule has 0 aliphatic carbocycles. The molecule has 0 radical (unpaired) electrons. The smallest absolute Gasteiger partial charge is 0.310 e. The monoisotopic (exact) mass is 357 g/mol. The fourth-order valence-corrected chi connectivity index (χ4v) is 2.82. The van der Waals surface area contributed by atoms with Gasteiger partial charge >= 0.3 is 5.97 Å². The van der Waals surface area contributed by atoms with Gasteiger partial charge in [-0.15, -0.1) is 0 Å². The summed E-state index contributed by atoms with van der Waals surface area (Å²) in [6.07, 6.45) is 1.41. The van der Waals surface area contributed by atoms with Gasteiger partial charge in [-0.05, 0) is 47.8 Å². The number of likely N-dealkylation sites (tertiary alicyclic amines) is 1. The van der Waals surface area contributed by atoms with Gasteiger partial charge in [0.2, 0.25) is 0 Å². The van der Waals surface area contributed by atoms with Gasteiger partial charge in [0.1, 0.15) is 5.82 Å². The Balaban J connectivity index is 2.12. The van der Waals surface area contributed by atoms with E-state index in [0.717, 1.165) is 0 Å². The van der Waals surface area contributed by atoms with E-state index in [0.29, 0.717) is 26.0 Å². The summed E-state index contributed by atoms with van der Waals surface area (Å²) in [5.74, 6) is -1.56. The highest BCUT2D eigenvalue weighted by Crippen LogP contribution is 2.23. The first-order chi connectivity index (χ1) is 10.0. The SMILES string of the molecule is CCOC(=O)[C@H]1CCCN(C(=O)c2cccc(Br)c2F)C1. The van der Waals surface area contributed by atoms with E-state index in [4.69, 9.17) is 4.74 Å². The Hall–Kier alpha value is -1.43. The number of halogens is 2. The van der Waals surface area contributed by atoms with Crippen molar-refractivity contribution in [2.24, 2.45) is 5.92 Å². The van der Waals surface area contributed by atoms with Crippen molar-refractivity contribution in [2.75, 3.05) is 19.7 Å². The fraction of sp³-hybridized carbons (Fsp3) is 0.467. The minimum absolute atomic E-state index is 0.0221. The van der Waals surface area contributed by atoms with Crippen LogP contribution in [-0.4, -0.2) is 36.5 Å².